The molecule has 0 aliphatic heterocycles. The van der Waals surface area contributed by atoms with Gasteiger partial charge in [0.15, 0.2) is 27.1 Å². The van der Waals surface area contributed by atoms with E-state index in [-0.39, 0.29) is 16.1 Å². The third-order valence-corrected chi connectivity index (χ3v) is 5.98. The number of anilines is 1. The van der Waals surface area contributed by atoms with Crippen molar-refractivity contribution in [2.45, 2.75) is 24.9 Å². The molecule has 0 aliphatic carbocycles. The first-order valence-electron chi connectivity index (χ1n) is 9.77. The van der Waals surface area contributed by atoms with Gasteiger partial charge in [-0.15, -0.1) is 10.2 Å². The standard InChI is InChI=1S/C22H15F5N4O4S/c1-10-7-12(9-28)16(23)17(24)18(10)35-21-15(11(2)19(30-31-21)22(25,26)27)20(32)29-13-5-4-6-14(8-13)36(3,33)34/h4-8H,1-3H3,(H,29,32). The Bertz CT molecular complexity index is 1530. The first-order chi connectivity index (χ1) is 16.6. The number of carbonyl (C=O) groups excluding carboxylic acids is 1. The van der Waals surface area contributed by atoms with Gasteiger partial charge in [0.05, 0.1) is 10.5 Å². The number of ether oxygens (including phenoxy) is 1. The molecular weight excluding hydrogens is 511 g/mol. The average molecular weight is 526 g/mol. The van der Waals surface area contributed by atoms with Crippen LogP contribution in [0.25, 0.3) is 0 Å². The fourth-order valence-corrected chi connectivity index (χ4v) is 3.81. The van der Waals surface area contributed by atoms with Crippen LogP contribution < -0.4 is 10.1 Å². The van der Waals surface area contributed by atoms with Gasteiger partial charge >= 0.3 is 6.18 Å². The van der Waals surface area contributed by atoms with E-state index in [2.05, 4.69) is 15.5 Å². The fourth-order valence-electron chi connectivity index (χ4n) is 3.15. The van der Waals surface area contributed by atoms with Crippen molar-refractivity contribution in [3.63, 3.8) is 0 Å². The van der Waals surface area contributed by atoms with Gasteiger partial charge in [0.2, 0.25) is 5.82 Å². The lowest BCUT2D eigenvalue weighted by molar-refractivity contribution is -0.142. The van der Waals surface area contributed by atoms with Crippen LogP contribution in [-0.4, -0.2) is 30.8 Å². The van der Waals surface area contributed by atoms with Crippen LogP contribution in [0.15, 0.2) is 35.2 Å². The molecule has 0 atom stereocenters. The van der Waals surface area contributed by atoms with E-state index in [1.54, 1.807) is 0 Å². The highest BCUT2D eigenvalue weighted by atomic mass is 32.2. The molecule has 0 saturated carbocycles. The van der Waals surface area contributed by atoms with Gasteiger partial charge < -0.3 is 10.1 Å². The van der Waals surface area contributed by atoms with Crippen molar-refractivity contribution in [2.24, 2.45) is 0 Å². The van der Waals surface area contributed by atoms with E-state index in [0.717, 1.165) is 25.3 Å². The molecule has 36 heavy (non-hydrogen) atoms. The summed E-state index contributed by atoms with van der Waals surface area (Å²) < 4.78 is 97.8. The van der Waals surface area contributed by atoms with E-state index in [9.17, 15) is 35.2 Å². The van der Waals surface area contributed by atoms with Crippen LogP contribution in [-0.2, 0) is 16.0 Å². The van der Waals surface area contributed by atoms with Crippen molar-refractivity contribution in [3.05, 3.63) is 69.9 Å². The number of hydrogen-bond donors (Lipinski definition) is 1. The van der Waals surface area contributed by atoms with E-state index in [1.165, 1.54) is 31.2 Å². The molecule has 0 bridgehead atoms. The molecule has 1 aromatic heterocycles. The Morgan fingerprint density at radius 3 is 2.36 bits per heavy atom. The van der Waals surface area contributed by atoms with Crippen molar-refractivity contribution >= 4 is 21.4 Å². The quantitative estimate of drug-likeness (QED) is 0.478. The molecule has 0 aliphatic rings. The Labute approximate surface area is 201 Å². The number of halogens is 5. The number of amides is 1. The molecule has 0 radical (unpaired) electrons. The summed E-state index contributed by atoms with van der Waals surface area (Å²) in [5.74, 6) is -6.13. The Kier molecular flexibility index (Phi) is 6.99. The Balaban J connectivity index is 2.15. The summed E-state index contributed by atoms with van der Waals surface area (Å²) in [5, 5.41) is 17.4. The summed E-state index contributed by atoms with van der Waals surface area (Å²) >= 11 is 0. The zero-order chi connectivity index (χ0) is 27.0. The van der Waals surface area contributed by atoms with Crippen LogP contribution in [0, 0.1) is 36.8 Å². The van der Waals surface area contributed by atoms with Crippen LogP contribution >= 0.6 is 0 Å². The zero-order valence-corrected chi connectivity index (χ0v) is 19.5. The topological polar surface area (TPSA) is 122 Å². The molecule has 0 fully saturated rings. The summed E-state index contributed by atoms with van der Waals surface area (Å²) in [6.07, 6.45) is -4.11. The normalized spacial score (nSPS) is 11.6. The Morgan fingerprint density at radius 2 is 1.78 bits per heavy atom. The second kappa shape index (κ2) is 9.50. The number of aryl methyl sites for hydroxylation is 1. The molecule has 8 nitrogen and oxygen atoms in total. The first-order valence-corrected chi connectivity index (χ1v) is 11.7. The number of nitriles is 1. The van der Waals surface area contributed by atoms with Crippen LogP contribution in [0.5, 0.6) is 11.6 Å². The molecule has 1 amide bonds. The minimum atomic E-state index is -5.03. The van der Waals surface area contributed by atoms with Crippen molar-refractivity contribution in [3.8, 4) is 17.7 Å². The second-order valence-electron chi connectivity index (χ2n) is 7.52. The lowest BCUT2D eigenvalue weighted by Crippen LogP contribution is -2.21. The number of hydrogen-bond acceptors (Lipinski definition) is 7. The van der Waals surface area contributed by atoms with Crippen molar-refractivity contribution < 1.29 is 39.9 Å². The van der Waals surface area contributed by atoms with Gasteiger partial charge in [0, 0.05) is 11.9 Å². The molecule has 3 aromatic rings. The smallest absolute Gasteiger partial charge is 0.433 e. The number of nitrogens with zero attached hydrogens (tertiary/aromatic N) is 3. The molecule has 188 valence electrons. The largest absolute Gasteiger partial charge is 0.435 e. The molecule has 14 heteroatoms. The maximum absolute atomic E-state index is 14.6. The second-order valence-corrected chi connectivity index (χ2v) is 9.53. The lowest BCUT2D eigenvalue weighted by atomic mass is 10.1. The van der Waals surface area contributed by atoms with E-state index in [1.807, 2.05) is 0 Å². The van der Waals surface area contributed by atoms with Crippen LogP contribution in [0.2, 0.25) is 0 Å². The van der Waals surface area contributed by atoms with Crippen LogP contribution in [0.4, 0.5) is 27.6 Å². The van der Waals surface area contributed by atoms with Gasteiger partial charge in [0.1, 0.15) is 11.6 Å². The van der Waals surface area contributed by atoms with Crippen molar-refractivity contribution in [1.82, 2.24) is 10.2 Å². The summed E-state index contributed by atoms with van der Waals surface area (Å²) in [5.41, 5.74) is -3.94. The predicted octanol–water partition coefficient (Wildman–Crippen LogP) is 4.71. The molecule has 2 aromatic carbocycles. The first kappa shape index (κ1) is 26.5. The zero-order valence-electron chi connectivity index (χ0n) is 18.7. The number of benzene rings is 2. The van der Waals surface area contributed by atoms with Gasteiger partial charge in [-0.1, -0.05) is 6.07 Å². The van der Waals surface area contributed by atoms with Gasteiger partial charge in [-0.05, 0) is 49.2 Å². The number of sulfone groups is 1. The van der Waals surface area contributed by atoms with Gasteiger partial charge in [-0.2, -0.15) is 22.8 Å². The minimum Gasteiger partial charge on any atom is -0.433 e. The van der Waals surface area contributed by atoms with E-state index in [4.69, 9.17) is 10.00 Å². The highest BCUT2D eigenvalue weighted by Gasteiger charge is 2.38. The third kappa shape index (κ3) is 5.25. The summed E-state index contributed by atoms with van der Waals surface area (Å²) in [6, 6.07) is 7.27. The number of rotatable bonds is 5. The van der Waals surface area contributed by atoms with Crippen LogP contribution in [0.3, 0.4) is 0 Å². The van der Waals surface area contributed by atoms with Crippen LogP contribution in [0.1, 0.15) is 32.7 Å². The maximum Gasteiger partial charge on any atom is 0.435 e. The lowest BCUT2D eigenvalue weighted by Gasteiger charge is -2.17. The number of alkyl halides is 3. The number of nitrogens with one attached hydrogen (secondary N) is 1. The molecule has 1 N–H and O–H groups in total. The van der Waals surface area contributed by atoms with E-state index < -0.39 is 67.6 Å². The molecule has 0 saturated heterocycles. The van der Waals surface area contributed by atoms with E-state index >= 15 is 0 Å². The minimum absolute atomic E-state index is 0.0922. The molecule has 1 heterocycles. The van der Waals surface area contributed by atoms with Gasteiger partial charge in [-0.3, -0.25) is 4.79 Å². The fraction of sp³-hybridized carbons (Fsp3) is 0.182. The SMILES string of the molecule is Cc1cc(C#N)c(F)c(F)c1Oc1nnc(C(F)(F)F)c(C)c1C(=O)Nc1cccc(S(C)(=O)=O)c1. The number of aromatic nitrogens is 2. The van der Waals surface area contributed by atoms with Gasteiger partial charge in [-0.25, -0.2) is 12.8 Å². The summed E-state index contributed by atoms with van der Waals surface area (Å²) in [7, 11) is -3.68. The monoisotopic (exact) mass is 526 g/mol. The highest BCUT2D eigenvalue weighted by molar-refractivity contribution is 7.90. The Morgan fingerprint density at radius 1 is 1.11 bits per heavy atom. The molecule has 0 spiro atoms. The average Bonchev–Trinajstić information content (AvgIpc) is 2.77. The molecule has 3 rings (SSSR count). The Hall–Kier alpha value is -4.12. The maximum atomic E-state index is 14.6. The highest BCUT2D eigenvalue weighted by Crippen LogP contribution is 2.37. The predicted molar refractivity (Wildman–Crippen MR) is 115 cm³/mol. The number of carbonyl (C=O) groups is 1. The molecule has 0 unspecified atom stereocenters. The summed E-state index contributed by atoms with van der Waals surface area (Å²) in [6.45, 7) is 2.13. The van der Waals surface area contributed by atoms with Gasteiger partial charge in [0.25, 0.3) is 11.8 Å². The summed E-state index contributed by atoms with van der Waals surface area (Å²) in [4.78, 5) is 12.9. The van der Waals surface area contributed by atoms with Crippen molar-refractivity contribution in [1.29, 1.82) is 5.26 Å². The van der Waals surface area contributed by atoms with Crippen molar-refractivity contribution in [2.75, 3.05) is 11.6 Å². The molecular formula is C22H15F5N4O4S. The van der Waals surface area contributed by atoms with E-state index in [0.29, 0.717) is 0 Å². The third-order valence-electron chi connectivity index (χ3n) is 4.87.